The van der Waals surface area contributed by atoms with Crippen LogP contribution in [-0.2, 0) is 23.3 Å². The summed E-state index contributed by atoms with van der Waals surface area (Å²) in [6.45, 7) is 10.6. The number of rotatable bonds is 8. The fourth-order valence-corrected chi connectivity index (χ4v) is 5.61. The SMILES string of the molecule is CCO.COc1ccc(F)cc1CCn1c(=O)n(C(C)(C)C(=O)NC(C)C)c(=O)c2c(C)c(-n3cccn3)sc21.[HH]. The van der Waals surface area contributed by atoms with Crippen LogP contribution in [0, 0.1) is 12.7 Å². The van der Waals surface area contributed by atoms with Crippen LogP contribution in [0.15, 0.2) is 46.2 Å². The number of fused-ring (bicyclic) bond motifs is 1. The molecule has 1 amide bonds. The number of nitrogens with one attached hydrogen (secondary N) is 1. The number of benzene rings is 1. The number of aromatic nitrogens is 4. The first kappa shape index (κ1) is 30.8. The van der Waals surface area contributed by atoms with Gasteiger partial charge in [0.2, 0.25) is 5.91 Å². The van der Waals surface area contributed by atoms with Crippen molar-refractivity contribution >= 4 is 27.5 Å². The van der Waals surface area contributed by atoms with E-state index < -0.39 is 28.5 Å². The first-order valence-corrected chi connectivity index (χ1v) is 13.7. The van der Waals surface area contributed by atoms with Crippen molar-refractivity contribution in [2.75, 3.05) is 13.7 Å². The zero-order chi connectivity index (χ0) is 29.8. The number of halogens is 1. The Kier molecular flexibility index (Phi) is 9.69. The van der Waals surface area contributed by atoms with Crippen molar-refractivity contribution in [3.05, 3.63) is 74.4 Å². The lowest BCUT2D eigenvalue weighted by atomic mass is 10.0. The van der Waals surface area contributed by atoms with E-state index in [4.69, 9.17) is 9.84 Å². The summed E-state index contributed by atoms with van der Waals surface area (Å²) in [4.78, 5) is 41.3. The molecule has 4 aromatic rings. The number of carbonyl (C=O) groups excluding carboxylic acids is 1. The third-order valence-corrected chi connectivity index (χ3v) is 7.59. The number of amides is 1. The lowest BCUT2D eigenvalue weighted by Gasteiger charge is -2.27. The summed E-state index contributed by atoms with van der Waals surface area (Å²) in [7, 11) is 1.50. The van der Waals surface area contributed by atoms with Gasteiger partial charge in [-0.2, -0.15) is 5.10 Å². The fourth-order valence-electron chi connectivity index (χ4n) is 4.35. The van der Waals surface area contributed by atoms with Gasteiger partial charge in [-0.15, -0.1) is 0 Å². The van der Waals surface area contributed by atoms with Gasteiger partial charge in [-0.05, 0) is 77.8 Å². The van der Waals surface area contributed by atoms with Crippen molar-refractivity contribution in [3.63, 3.8) is 0 Å². The number of nitrogens with zero attached hydrogens (tertiary/aromatic N) is 4. The van der Waals surface area contributed by atoms with Gasteiger partial charge in [0.15, 0.2) is 0 Å². The van der Waals surface area contributed by atoms with E-state index in [1.54, 1.807) is 50.8 Å². The maximum absolute atomic E-state index is 14.0. The predicted octanol–water partition coefficient (Wildman–Crippen LogP) is 3.61. The van der Waals surface area contributed by atoms with Gasteiger partial charge in [0.05, 0.1) is 12.5 Å². The highest BCUT2D eigenvalue weighted by molar-refractivity contribution is 7.21. The topological polar surface area (TPSA) is 120 Å². The number of thiophene rings is 1. The number of carbonyl (C=O) groups is 1. The summed E-state index contributed by atoms with van der Waals surface area (Å²) < 4.78 is 23.5. The van der Waals surface area contributed by atoms with Crippen LogP contribution in [0.5, 0.6) is 5.75 Å². The second-order valence-corrected chi connectivity index (χ2v) is 10.9. The Morgan fingerprint density at radius 3 is 2.55 bits per heavy atom. The minimum atomic E-state index is -1.47. The summed E-state index contributed by atoms with van der Waals surface area (Å²) in [5, 5.41) is 15.7. The molecule has 0 fully saturated rings. The summed E-state index contributed by atoms with van der Waals surface area (Å²) >= 11 is 1.27. The van der Waals surface area contributed by atoms with Gasteiger partial charge >= 0.3 is 5.69 Å². The lowest BCUT2D eigenvalue weighted by molar-refractivity contribution is -0.129. The van der Waals surface area contributed by atoms with Gasteiger partial charge < -0.3 is 15.2 Å². The van der Waals surface area contributed by atoms with Crippen molar-refractivity contribution in [2.24, 2.45) is 0 Å². The Labute approximate surface area is 237 Å². The molecule has 0 atom stereocenters. The van der Waals surface area contributed by atoms with E-state index >= 15 is 0 Å². The van der Waals surface area contributed by atoms with Crippen LogP contribution in [0.1, 0.15) is 47.2 Å². The van der Waals surface area contributed by atoms with Crippen molar-refractivity contribution in [2.45, 2.75) is 66.1 Å². The third kappa shape index (κ3) is 6.02. The van der Waals surface area contributed by atoms with Crippen LogP contribution < -0.4 is 21.3 Å². The van der Waals surface area contributed by atoms with Gasteiger partial charge in [0.1, 0.15) is 26.9 Å². The maximum Gasteiger partial charge on any atom is 0.333 e. The number of aryl methyl sites for hydroxylation is 3. The summed E-state index contributed by atoms with van der Waals surface area (Å²) in [6.07, 6.45) is 3.65. The molecule has 218 valence electrons. The smallest absolute Gasteiger partial charge is 0.333 e. The largest absolute Gasteiger partial charge is 0.496 e. The van der Waals surface area contributed by atoms with Crippen molar-refractivity contribution < 1.29 is 20.5 Å². The van der Waals surface area contributed by atoms with Crippen LogP contribution in [0.2, 0.25) is 0 Å². The second kappa shape index (κ2) is 12.6. The molecule has 0 unspecified atom stereocenters. The molecule has 0 radical (unpaired) electrons. The molecular weight excluding hydrogens is 537 g/mol. The van der Waals surface area contributed by atoms with Gasteiger partial charge in [-0.1, -0.05) is 11.3 Å². The molecule has 0 aliphatic rings. The predicted molar refractivity (Wildman–Crippen MR) is 156 cm³/mol. The van der Waals surface area contributed by atoms with Gasteiger partial charge in [0.25, 0.3) is 5.56 Å². The van der Waals surface area contributed by atoms with Crippen LogP contribution in [0.25, 0.3) is 15.2 Å². The molecule has 0 spiro atoms. The van der Waals surface area contributed by atoms with E-state index in [9.17, 15) is 18.8 Å². The van der Waals surface area contributed by atoms with Gasteiger partial charge in [-0.25, -0.2) is 18.4 Å². The Hall–Kier alpha value is -3.77. The number of aliphatic hydroxyl groups excluding tert-OH is 1. The average molecular weight is 576 g/mol. The molecule has 4 rings (SSSR count). The first-order chi connectivity index (χ1) is 18.9. The number of hydrogen-bond acceptors (Lipinski definition) is 7. The lowest BCUT2D eigenvalue weighted by Crippen LogP contribution is -2.56. The Morgan fingerprint density at radius 2 is 1.98 bits per heavy atom. The molecule has 0 saturated carbocycles. The van der Waals surface area contributed by atoms with E-state index in [0.29, 0.717) is 32.1 Å². The van der Waals surface area contributed by atoms with E-state index in [1.165, 1.54) is 41.2 Å². The minimum absolute atomic E-state index is 0. The average Bonchev–Trinajstić information content (AvgIpc) is 3.52. The van der Waals surface area contributed by atoms with E-state index in [0.717, 1.165) is 4.57 Å². The monoisotopic (exact) mass is 575 g/mol. The van der Waals surface area contributed by atoms with Crippen molar-refractivity contribution in [1.29, 1.82) is 0 Å². The molecule has 2 N–H and O–H groups in total. The standard InChI is InChI=1S/C26H30FN5O4S.C2H6O.H2/c1-15(2)29-24(34)26(4,5)32-21(33)20-16(3)22(31-12-7-11-28-31)37-23(20)30(25(32)35)13-10-17-14-18(27)8-9-19(17)36-6;1-2-3;/h7-9,11-12,14-15H,10,13H2,1-6H3,(H,29,34);3H,2H2,1H3;1H. The van der Waals surface area contributed by atoms with Crippen LogP contribution in [0.4, 0.5) is 4.39 Å². The van der Waals surface area contributed by atoms with E-state index in [2.05, 4.69) is 10.4 Å². The number of aliphatic hydroxyl groups is 1. The molecule has 0 aliphatic heterocycles. The fraction of sp³-hybridized carbons (Fsp3) is 0.429. The molecule has 0 aliphatic carbocycles. The number of hydrogen-bond donors (Lipinski definition) is 2. The molecule has 3 heterocycles. The quantitative estimate of drug-likeness (QED) is 0.331. The van der Waals surface area contributed by atoms with E-state index in [1.807, 2.05) is 13.8 Å². The number of methoxy groups -OCH3 is 1. The van der Waals surface area contributed by atoms with Crippen LogP contribution in [-0.4, -0.2) is 49.7 Å². The van der Waals surface area contributed by atoms with Crippen LogP contribution in [0.3, 0.4) is 0 Å². The highest BCUT2D eigenvalue weighted by atomic mass is 32.1. The Balaban J connectivity index is 0.00000141. The summed E-state index contributed by atoms with van der Waals surface area (Å²) in [5.41, 5.74) is -1.40. The summed E-state index contributed by atoms with van der Waals surface area (Å²) in [6, 6.07) is 5.80. The molecule has 10 nitrogen and oxygen atoms in total. The van der Waals surface area contributed by atoms with Gasteiger partial charge in [-0.3, -0.25) is 14.2 Å². The highest BCUT2D eigenvalue weighted by Gasteiger charge is 2.35. The van der Waals surface area contributed by atoms with Crippen LogP contribution >= 0.6 is 11.3 Å². The van der Waals surface area contributed by atoms with Crippen molar-refractivity contribution in [3.8, 4) is 10.8 Å². The molecule has 0 saturated heterocycles. The Morgan fingerprint density at radius 1 is 1.30 bits per heavy atom. The maximum atomic E-state index is 14.0. The summed E-state index contributed by atoms with van der Waals surface area (Å²) in [5.74, 6) is -0.368. The molecular formula is C28H38FN5O5S. The zero-order valence-electron chi connectivity index (χ0n) is 23.8. The molecule has 40 heavy (non-hydrogen) atoms. The molecule has 3 aromatic heterocycles. The third-order valence-electron chi connectivity index (χ3n) is 6.28. The number of ether oxygens (including phenoxy) is 1. The first-order valence-electron chi connectivity index (χ1n) is 12.9. The second-order valence-electron chi connectivity index (χ2n) is 9.95. The molecule has 12 heteroatoms. The van der Waals surface area contributed by atoms with E-state index in [-0.39, 0.29) is 27.0 Å². The highest BCUT2D eigenvalue weighted by Crippen LogP contribution is 2.31. The molecule has 0 bridgehead atoms. The molecule has 1 aromatic carbocycles. The minimum Gasteiger partial charge on any atom is -0.496 e. The normalized spacial score (nSPS) is 11.4. The zero-order valence-corrected chi connectivity index (χ0v) is 24.6. The van der Waals surface area contributed by atoms with Gasteiger partial charge in [0, 0.05) is 38.6 Å². The Bertz CT molecular complexity index is 1610. The van der Waals surface area contributed by atoms with Crippen molar-refractivity contribution in [1.82, 2.24) is 24.2 Å².